The number of carbonyl (C=O) groups excluding carboxylic acids is 1. The summed E-state index contributed by atoms with van der Waals surface area (Å²) < 4.78 is 0. The summed E-state index contributed by atoms with van der Waals surface area (Å²) in [6, 6.07) is 0.440. The Labute approximate surface area is 170 Å². The van der Waals surface area contributed by atoms with Gasteiger partial charge in [-0.1, -0.05) is 6.42 Å². The first kappa shape index (κ1) is 19.5. The zero-order valence-electron chi connectivity index (χ0n) is 10.3. The van der Waals surface area contributed by atoms with Crippen LogP contribution in [0.1, 0.15) is 25.7 Å². The molecule has 98 valence electrons. The number of carboxylic acid groups (broad SMARTS) is 1. The van der Waals surface area contributed by atoms with Gasteiger partial charge < -0.3 is 39.7 Å². The first-order chi connectivity index (χ1) is 7.66. The summed E-state index contributed by atoms with van der Waals surface area (Å²) in [7, 11) is 0. The van der Waals surface area contributed by atoms with Crippen molar-refractivity contribution in [2.24, 2.45) is 0 Å². The van der Waals surface area contributed by atoms with Crippen LogP contribution in [0.4, 0.5) is 4.79 Å². The van der Waals surface area contributed by atoms with E-state index in [-0.39, 0.29) is 99.9 Å². The number of thioether (sulfide) groups is 1. The minimum absolute atomic E-state index is 0. The summed E-state index contributed by atoms with van der Waals surface area (Å²) >= 11 is 1.87. The second-order valence-electron chi connectivity index (χ2n) is 4.26. The number of carboxylic acids is 1. The minimum Gasteiger partial charge on any atom is -1.00 e. The molecule has 0 spiro atoms. The Balaban J connectivity index is 0.00000144. The molecule has 0 bridgehead atoms. The van der Waals surface area contributed by atoms with Crippen LogP contribution in [0.3, 0.4) is 0 Å². The first-order valence-electron chi connectivity index (χ1n) is 5.57. The third kappa shape index (κ3) is 5.45. The minimum atomic E-state index is -0.729. The van der Waals surface area contributed by atoms with E-state index < -0.39 is 5.97 Å². The maximum atomic E-state index is 11.1. The van der Waals surface area contributed by atoms with Crippen molar-refractivity contribution in [3.05, 3.63) is 0 Å². The molecule has 2 aliphatic heterocycles. The van der Waals surface area contributed by atoms with Crippen molar-refractivity contribution in [1.29, 1.82) is 0 Å². The van der Waals surface area contributed by atoms with Crippen molar-refractivity contribution in [2.75, 3.05) is 5.75 Å². The Bertz CT molecular complexity index is 309. The van der Waals surface area contributed by atoms with Crippen LogP contribution in [-0.4, -0.2) is 40.2 Å². The van der Waals surface area contributed by atoms with Crippen molar-refractivity contribution in [1.82, 2.24) is 10.6 Å². The van der Waals surface area contributed by atoms with Gasteiger partial charge in [-0.25, -0.2) is 4.79 Å². The van der Waals surface area contributed by atoms with Crippen molar-refractivity contribution < 1.29 is 90.1 Å². The third-order valence-corrected chi connectivity index (χ3v) is 4.58. The van der Waals surface area contributed by atoms with Gasteiger partial charge in [0.25, 0.3) is 0 Å². The van der Waals surface area contributed by atoms with Crippen LogP contribution in [0, 0.1) is 0 Å². The summed E-state index contributed by atoms with van der Waals surface area (Å²) in [5.41, 5.74) is 0. The molecule has 3 N–H and O–H groups in total. The number of aliphatic carboxylic acids is 1. The molecule has 2 aliphatic rings. The Morgan fingerprint density at radius 3 is 2.78 bits per heavy atom. The molecule has 0 aromatic rings. The third-order valence-electron chi connectivity index (χ3n) is 3.07. The molecule has 18 heavy (non-hydrogen) atoms. The maximum absolute atomic E-state index is 11.1. The zero-order chi connectivity index (χ0) is 11.5. The van der Waals surface area contributed by atoms with Crippen LogP contribution >= 0.6 is 11.8 Å². The molecule has 2 saturated heterocycles. The summed E-state index contributed by atoms with van der Waals surface area (Å²) in [6.07, 6.45) is 2.88. The molecule has 0 aromatic carbocycles. The van der Waals surface area contributed by atoms with Gasteiger partial charge in [-0.05, 0) is 12.8 Å². The number of nitrogens with one attached hydrogen (secondary N) is 2. The number of rotatable bonds is 5. The molecule has 2 heterocycles. The molecule has 0 aliphatic carbocycles. The van der Waals surface area contributed by atoms with Gasteiger partial charge in [0, 0.05) is 17.4 Å². The average Bonchev–Trinajstić information content (AvgIpc) is 2.72. The normalized spacial score (nSPS) is 28.4. The molecule has 0 saturated carbocycles. The monoisotopic (exact) mass is 410 g/mol. The smallest absolute Gasteiger partial charge is 1.00 e. The number of amides is 2. The Kier molecular flexibility index (Phi) is 10.2. The maximum Gasteiger partial charge on any atom is 1.00 e. The molecule has 8 heteroatoms. The van der Waals surface area contributed by atoms with Crippen LogP contribution in [0.5, 0.6) is 0 Å². The molecule has 0 unspecified atom stereocenters. The molecule has 2 fully saturated rings. The van der Waals surface area contributed by atoms with Crippen molar-refractivity contribution in [2.45, 2.75) is 43.0 Å². The summed E-state index contributed by atoms with van der Waals surface area (Å²) in [5, 5.41) is 14.8. The second kappa shape index (κ2) is 9.40. The van der Waals surface area contributed by atoms with E-state index in [0.717, 1.165) is 25.0 Å². The zero-order valence-corrected chi connectivity index (χ0v) is 16.4. The van der Waals surface area contributed by atoms with E-state index >= 15 is 0 Å². The van der Waals surface area contributed by atoms with Crippen LogP contribution in [0.15, 0.2) is 0 Å². The summed E-state index contributed by atoms with van der Waals surface area (Å²) in [6.45, 7) is 0. The van der Waals surface area contributed by atoms with Gasteiger partial charge in [0.05, 0.1) is 12.1 Å². The van der Waals surface area contributed by atoms with E-state index in [4.69, 9.17) is 5.11 Å². The average molecular weight is 410 g/mol. The number of hydrogen-bond acceptors (Lipinski definition) is 3. The fourth-order valence-corrected chi connectivity index (χ4v) is 3.81. The fraction of sp³-hybridized carbons (Fsp3) is 0.800. The topological polar surface area (TPSA) is 78.4 Å². The standard InChI is InChI=1S/C10H16N2O3S.HI.K/c13-8(14)4-2-1-3-7-9-6(5-16-7)11-10(15)12-9;;/h6-7,9H,1-5H2,(H,13,14)(H2,11,12,15);1H;/q;;+1/p-1/t6-,7-,9-;;/m0../s1. The molecule has 0 aromatic heterocycles. The Hall–Kier alpha value is 1.46. The molecular weight excluding hydrogens is 394 g/mol. The largest absolute Gasteiger partial charge is 1.00 e. The number of carbonyl (C=O) groups is 2. The van der Waals surface area contributed by atoms with Gasteiger partial charge >= 0.3 is 63.4 Å². The van der Waals surface area contributed by atoms with Crippen molar-refractivity contribution in [3.8, 4) is 0 Å². The van der Waals surface area contributed by atoms with E-state index in [1.54, 1.807) is 0 Å². The fourth-order valence-electron chi connectivity index (χ4n) is 2.26. The predicted molar refractivity (Wildman–Crippen MR) is 61.6 cm³/mol. The molecule has 2 rings (SSSR count). The van der Waals surface area contributed by atoms with E-state index in [1.165, 1.54) is 0 Å². The SMILES string of the molecule is O=C(O)CCCC[C@@H]1SC[C@@H]2NC(=O)N[C@@H]21.[I-].[K+]. The second-order valence-corrected chi connectivity index (χ2v) is 5.53. The van der Waals surface area contributed by atoms with Gasteiger partial charge in [-0.2, -0.15) is 11.8 Å². The van der Waals surface area contributed by atoms with Gasteiger partial charge in [-0.3, -0.25) is 4.79 Å². The number of hydrogen-bond donors (Lipinski definition) is 3. The summed E-state index contributed by atoms with van der Waals surface area (Å²) in [5.74, 6) is 0.236. The van der Waals surface area contributed by atoms with Crippen molar-refractivity contribution in [3.63, 3.8) is 0 Å². The van der Waals surface area contributed by atoms with E-state index in [2.05, 4.69) is 10.6 Å². The van der Waals surface area contributed by atoms with Gasteiger partial charge in [-0.15, -0.1) is 0 Å². The van der Waals surface area contributed by atoms with E-state index in [9.17, 15) is 9.59 Å². The molecular formula is C10H16IKN2O3S. The Morgan fingerprint density at radius 2 is 2.11 bits per heavy atom. The predicted octanol–water partition coefficient (Wildman–Crippen LogP) is -5.20. The number of unbranched alkanes of at least 4 members (excludes halogenated alkanes) is 1. The number of halogens is 1. The van der Waals surface area contributed by atoms with Gasteiger partial charge in [0.1, 0.15) is 0 Å². The van der Waals surface area contributed by atoms with E-state index in [1.807, 2.05) is 11.8 Å². The first-order valence-corrected chi connectivity index (χ1v) is 6.62. The van der Waals surface area contributed by atoms with Crippen LogP contribution in [-0.2, 0) is 4.79 Å². The molecule has 5 nitrogen and oxygen atoms in total. The van der Waals surface area contributed by atoms with Gasteiger partial charge in [0.2, 0.25) is 0 Å². The van der Waals surface area contributed by atoms with Crippen molar-refractivity contribution >= 4 is 23.8 Å². The number of fused-ring (bicyclic) bond motifs is 1. The summed E-state index contributed by atoms with van der Waals surface area (Å²) in [4.78, 5) is 21.5. The van der Waals surface area contributed by atoms with Crippen LogP contribution < -0.4 is 86.0 Å². The van der Waals surface area contributed by atoms with Crippen LogP contribution in [0.25, 0.3) is 0 Å². The quantitative estimate of drug-likeness (QED) is 0.183. The van der Waals surface area contributed by atoms with E-state index in [0.29, 0.717) is 5.25 Å². The van der Waals surface area contributed by atoms with Crippen LogP contribution in [0.2, 0.25) is 0 Å². The number of urea groups is 1. The molecule has 3 atom stereocenters. The van der Waals surface area contributed by atoms with Gasteiger partial charge in [0.15, 0.2) is 0 Å². The Morgan fingerprint density at radius 1 is 1.39 bits per heavy atom. The molecule has 2 amide bonds. The molecule has 0 radical (unpaired) electrons.